The summed E-state index contributed by atoms with van der Waals surface area (Å²) in [7, 11) is 2.18. The van der Waals surface area contributed by atoms with Gasteiger partial charge in [-0.2, -0.15) is 0 Å². The van der Waals surface area contributed by atoms with E-state index in [2.05, 4.69) is 77.7 Å². The molecule has 1 N–H and O–H groups in total. The van der Waals surface area contributed by atoms with Gasteiger partial charge in [0.2, 0.25) is 0 Å². The molecule has 0 saturated carbocycles. The van der Waals surface area contributed by atoms with Crippen LogP contribution in [0.1, 0.15) is 24.4 Å². The lowest BCUT2D eigenvalue weighted by Gasteiger charge is -2.22. The molecule has 1 aliphatic heterocycles. The Morgan fingerprint density at radius 2 is 1.92 bits per heavy atom. The lowest BCUT2D eigenvalue weighted by Crippen LogP contribution is -2.23. The molecule has 128 valence electrons. The quantitative estimate of drug-likeness (QED) is 0.512. The highest BCUT2D eigenvalue weighted by molar-refractivity contribution is 7.99. The van der Waals surface area contributed by atoms with Gasteiger partial charge in [-0.1, -0.05) is 48.5 Å². The fourth-order valence-corrected chi connectivity index (χ4v) is 4.44. The summed E-state index contributed by atoms with van der Waals surface area (Å²) in [5, 5.41) is 1.31. The third kappa shape index (κ3) is 3.45. The number of hydrogen-bond donors (Lipinski definition) is 1. The number of H-pyrrole nitrogens is 1. The Hall–Kier alpha value is -2.20. The molecule has 0 aliphatic carbocycles. The van der Waals surface area contributed by atoms with Crippen LogP contribution in [0.2, 0.25) is 0 Å². The summed E-state index contributed by atoms with van der Waals surface area (Å²) in [6, 6.07) is 19.7. The molecule has 4 rings (SSSR count). The van der Waals surface area contributed by atoms with Crippen molar-refractivity contribution in [1.29, 1.82) is 0 Å². The first-order valence-corrected chi connectivity index (χ1v) is 9.81. The predicted octanol–water partition coefficient (Wildman–Crippen LogP) is 5.13. The topological polar surface area (TPSA) is 31.4 Å². The fourth-order valence-electron chi connectivity index (χ4n) is 3.57. The van der Waals surface area contributed by atoms with E-state index in [0.29, 0.717) is 6.04 Å². The first-order valence-electron chi connectivity index (χ1n) is 8.83. The Labute approximate surface area is 153 Å². The minimum absolute atomic E-state index is 0.473. The average molecular weight is 350 g/mol. The van der Waals surface area contributed by atoms with Crippen LogP contribution in [0, 0.1) is 0 Å². The number of thioether (sulfide) groups is 1. The number of aromatic nitrogens is 1. The number of para-hydroxylation sites is 1. The van der Waals surface area contributed by atoms with E-state index >= 15 is 0 Å². The minimum Gasteiger partial charge on any atom is -0.360 e. The Morgan fingerprint density at radius 1 is 1.12 bits per heavy atom. The molecule has 4 heteroatoms. The molecule has 1 atom stereocenters. The second kappa shape index (κ2) is 7.36. The second-order valence-corrected chi connectivity index (χ2v) is 7.56. The van der Waals surface area contributed by atoms with Crippen LogP contribution >= 0.6 is 11.8 Å². The van der Waals surface area contributed by atoms with Gasteiger partial charge in [0.05, 0.1) is 18.4 Å². The van der Waals surface area contributed by atoms with Crippen LogP contribution in [0.3, 0.4) is 0 Å². The summed E-state index contributed by atoms with van der Waals surface area (Å²) in [5.41, 5.74) is 2.60. The van der Waals surface area contributed by atoms with Crippen molar-refractivity contribution in [3.8, 4) is 0 Å². The standard InChI is InChI=1S/C21H23N3S/c1-24-19(16-7-3-2-4-8-16)11-12-21(24)22-13-14-25-20-15-23-18-10-6-5-9-17(18)20/h2-10,15,19,23H,11-14H2,1H3. The number of aromatic amines is 1. The van der Waals surface area contributed by atoms with Crippen LogP contribution in [0.15, 0.2) is 70.7 Å². The van der Waals surface area contributed by atoms with Crippen molar-refractivity contribution in [1.82, 2.24) is 9.88 Å². The van der Waals surface area contributed by atoms with Gasteiger partial charge in [-0.05, 0) is 18.1 Å². The first-order chi connectivity index (χ1) is 12.3. The SMILES string of the molecule is CN1C(=NCCSc2c[nH]c3ccccc23)CCC1c1ccccc1. The number of nitrogens with one attached hydrogen (secondary N) is 1. The second-order valence-electron chi connectivity index (χ2n) is 6.42. The van der Waals surface area contributed by atoms with Gasteiger partial charge < -0.3 is 9.88 Å². The molecule has 2 aromatic carbocycles. The van der Waals surface area contributed by atoms with Crippen molar-refractivity contribution in [2.75, 3.05) is 19.3 Å². The molecule has 0 bridgehead atoms. The Bertz CT molecular complexity index is 869. The molecule has 3 nitrogen and oxygen atoms in total. The molecule has 1 unspecified atom stereocenters. The summed E-state index contributed by atoms with van der Waals surface area (Å²) in [4.78, 5) is 11.9. The van der Waals surface area contributed by atoms with Crippen LogP contribution in [0.4, 0.5) is 0 Å². The van der Waals surface area contributed by atoms with Crippen LogP contribution in [0.5, 0.6) is 0 Å². The molecule has 1 fully saturated rings. The van der Waals surface area contributed by atoms with Crippen molar-refractivity contribution < 1.29 is 0 Å². The third-order valence-electron chi connectivity index (χ3n) is 4.89. The molecular formula is C21H23N3S. The number of rotatable bonds is 5. The monoisotopic (exact) mass is 349 g/mol. The van der Waals surface area contributed by atoms with E-state index in [1.54, 1.807) is 0 Å². The van der Waals surface area contributed by atoms with Gasteiger partial charge >= 0.3 is 0 Å². The van der Waals surface area contributed by atoms with Crippen molar-refractivity contribution in [2.45, 2.75) is 23.8 Å². The summed E-state index contributed by atoms with van der Waals surface area (Å²) < 4.78 is 0. The lowest BCUT2D eigenvalue weighted by atomic mass is 10.1. The lowest BCUT2D eigenvalue weighted by molar-refractivity contribution is 0.406. The minimum atomic E-state index is 0.473. The summed E-state index contributed by atoms with van der Waals surface area (Å²) in [5.74, 6) is 2.25. The number of nitrogens with zero attached hydrogens (tertiary/aromatic N) is 2. The number of aliphatic imine (C=N–C) groups is 1. The van der Waals surface area contributed by atoms with Crippen molar-refractivity contribution in [2.24, 2.45) is 4.99 Å². The van der Waals surface area contributed by atoms with Gasteiger partial charge in [0, 0.05) is 41.2 Å². The molecule has 1 aliphatic rings. The van der Waals surface area contributed by atoms with Crippen molar-refractivity contribution in [3.63, 3.8) is 0 Å². The average Bonchev–Trinajstić information content (AvgIpc) is 3.23. The van der Waals surface area contributed by atoms with E-state index in [-0.39, 0.29) is 0 Å². The molecule has 25 heavy (non-hydrogen) atoms. The van der Waals surface area contributed by atoms with Crippen molar-refractivity contribution in [3.05, 3.63) is 66.4 Å². The third-order valence-corrected chi connectivity index (χ3v) is 5.93. The van der Waals surface area contributed by atoms with Crippen LogP contribution < -0.4 is 0 Å². The maximum atomic E-state index is 4.87. The first kappa shape index (κ1) is 16.3. The molecule has 1 aromatic heterocycles. The van der Waals surface area contributed by atoms with E-state index in [9.17, 15) is 0 Å². The normalized spacial score (nSPS) is 19.2. The van der Waals surface area contributed by atoms with E-state index in [4.69, 9.17) is 4.99 Å². The molecule has 0 radical (unpaired) electrons. The Balaban J connectivity index is 1.35. The number of fused-ring (bicyclic) bond motifs is 1. The van der Waals surface area contributed by atoms with E-state index in [1.165, 1.54) is 27.2 Å². The highest BCUT2D eigenvalue weighted by atomic mass is 32.2. The highest BCUT2D eigenvalue weighted by Crippen LogP contribution is 2.32. The maximum Gasteiger partial charge on any atom is 0.0992 e. The van der Waals surface area contributed by atoms with Crippen molar-refractivity contribution >= 4 is 28.5 Å². The molecule has 0 amide bonds. The number of likely N-dealkylation sites (tertiary alicyclic amines) is 1. The predicted molar refractivity (Wildman–Crippen MR) is 108 cm³/mol. The highest BCUT2D eigenvalue weighted by Gasteiger charge is 2.26. The van der Waals surface area contributed by atoms with Gasteiger partial charge in [0.25, 0.3) is 0 Å². The largest absolute Gasteiger partial charge is 0.360 e. The van der Waals surface area contributed by atoms with Gasteiger partial charge in [-0.25, -0.2) is 0 Å². The van der Waals surface area contributed by atoms with Crippen LogP contribution in [0.25, 0.3) is 10.9 Å². The molecular weight excluding hydrogens is 326 g/mol. The van der Waals surface area contributed by atoms with E-state index in [0.717, 1.165) is 25.1 Å². The smallest absolute Gasteiger partial charge is 0.0992 e. The van der Waals surface area contributed by atoms with E-state index < -0.39 is 0 Å². The zero-order valence-electron chi connectivity index (χ0n) is 14.5. The summed E-state index contributed by atoms with van der Waals surface area (Å²) in [6.45, 7) is 0.866. The van der Waals surface area contributed by atoms with Gasteiger partial charge in [-0.3, -0.25) is 4.99 Å². The zero-order valence-corrected chi connectivity index (χ0v) is 15.3. The molecule has 2 heterocycles. The van der Waals surface area contributed by atoms with Gasteiger partial charge in [-0.15, -0.1) is 11.8 Å². The Kier molecular flexibility index (Phi) is 4.79. The summed E-state index contributed by atoms with van der Waals surface area (Å²) in [6.07, 6.45) is 4.35. The molecule has 3 aromatic rings. The maximum absolute atomic E-state index is 4.87. The Morgan fingerprint density at radius 3 is 2.80 bits per heavy atom. The summed E-state index contributed by atoms with van der Waals surface area (Å²) >= 11 is 1.88. The molecule has 1 saturated heterocycles. The van der Waals surface area contributed by atoms with Gasteiger partial charge in [0.1, 0.15) is 0 Å². The fraction of sp³-hybridized carbons (Fsp3) is 0.286. The molecule has 0 spiro atoms. The van der Waals surface area contributed by atoms with Crippen LogP contribution in [-0.2, 0) is 0 Å². The number of amidine groups is 1. The number of benzene rings is 2. The van der Waals surface area contributed by atoms with Crippen LogP contribution in [-0.4, -0.2) is 35.1 Å². The zero-order chi connectivity index (χ0) is 17.1. The van der Waals surface area contributed by atoms with E-state index in [1.807, 2.05) is 11.8 Å². The number of hydrogen-bond acceptors (Lipinski definition) is 2. The van der Waals surface area contributed by atoms with Gasteiger partial charge in [0.15, 0.2) is 0 Å².